The van der Waals surface area contributed by atoms with Gasteiger partial charge in [-0.25, -0.2) is 0 Å². The maximum Gasteiger partial charge on any atom is 0.305 e. The first-order chi connectivity index (χ1) is 19.4. The standard InChI is InChI=1S/C32H64N4O4/c1-5-7-9-11-15-19-25-35(27-21-24-34-31(33-4)28-36(38)39)26-20-16-12-14-18-23-32(37)40-29-30(3)22-17-13-10-8-6-2/h28,30,33-34H,5-27,29H2,1-4H3/b31-28+. The molecule has 0 aliphatic carbocycles. The second-order valence-corrected chi connectivity index (χ2v) is 11.5. The number of hydrogen-bond acceptors (Lipinski definition) is 7. The normalized spacial score (nSPS) is 12.5. The third-order valence-electron chi connectivity index (χ3n) is 7.48. The molecule has 1 unspecified atom stereocenters. The van der Waals surface area contributed by atoms with E-state index in [4.69, 9.17) is 4.74 Å². The summed E-state index contributed by atoms with van der Waals surface area (Å²) in [6.07, 6.45) is 23.4. The number of hydrogen-bond donors (Lipinski definition) is 2. The summed E-state index contributed by atoms with van der Waals surface area (Å²) in [5.74, 6) is 0.873. The van der Waals surface area contributed by atoms with Crippen molar-refractivity contribution < 1.29 is 14.5 Å². The smallest absolute Gasteiger partial charge is 0.305 e. The molecule has 236 valence electrons. The third kappa shape index (κ3) is 26.4. The van der Waals surface area contributed by atoms with Gasteiger partial charge in [0.2, 0.25) is 0 Å². The molecule has 0 spiro atoms. The number of ether oxygens (including phenoxy) is 1. The van der Waals surface area contributed by atoms with Crippen LogP contribution in [0.15, 0.2) is 12.0 Å². The summed E-state index contributed by atoms with van der Waals surface area (Å²) in [6.45, 7) is 11.2. The zero-order valence-electron chi connectivity index (χ0n) is 26.7. The number of esters is 1. The molecule has 0 aliphatic rings. The minimum Gasteiger partial charge on any atom is -0.465 e. The summed E-state index contributed by atoms with van der Waals surface area (Å²) >= 11 is 0. The van der Waals surface area contributed by atoms with Crippen LogP contribution in [-0.2, 0) is 9.53 Å². The molecule has 0 aromatic heterocycles. The van der Waals surface area contributed by atoms with Crippen molar-refractivity contribution in [1.82, 2.24) is 15.5 Å². The van der Waals surface area contributed by atoms with Gasteiger partial charge < -0.3 is 20.3 Å². The SMILES string of the molecule is CCCCCCCCN(CCCCCCCC(=O)OCC(C)CCCCCCC)CCCN/C(=C/[N+](=O)[O-])NC. The summed E-state index contributed by atoms with van der Waals surface area (Å²) in [7, 11) is 1.69. The maximum atomic E-state index is 12.1. The first-order valence-electron chi connectivity index (χ1n) is 16.6. The predicted molar refractivity (Wildman–Crippen MR) is 168 cm³/mol. The Labute approximate surface area is 246 Å². The number of unbranched alkanes of at least 4 members (excludes halogenated alkanes) is 13. The minimum absolute atomic E-state index is 0.0361. The van der Waals surface area contributed by atoms with Gasteiger partial charge in [0, 0.05) is 20.0 Å². The zero-order chi connectivity index (χ0) is 29.7. The summed E-state index contributed by atoms with van der Waals surface area (Å²) in [5, 5.41) is 16.7. The van der Waals surface area contributed by atoms with E-state index >= 15 is 0 Å². The second-order valence-electron chi connectivity index (χ2n) is 11.5. The Morgan fingerprint density at radius 2 is 1.35 bits per heavy atom. The van der Waals surface area contributed by atoms with Crippen molar-refractivity contribution in [2.75, 3.05) is 39.8 Å². The van der Waals surface area contributed by atoms with Crippen LogP contribution < -0.4 is 10.6 Å². The lowest BCUT2D eigenvalue weighted by molar-refractivity contribution is -0.404. The van der Waals surface area contributed by atoms with Crippen molar-refractivity contribution in [2.24, 2.45) is 5.92 Å². The van der Waals surface area contributed by atoms with Gasteiger partial charge in [-0.3, -0.25) is 14.9 Å². The highest BCUT2D eigenvalue weighted by atomic mass is 16.6. The number of carbonyl (C=O) groups excluding carboxylic acids is 1. The van der Waals surface area contributed by atoms with Crippen molar-refractivity contribution >= 4 is 5.97 Å². The molecule has 2 N–H and O–H groups in total. The Balaban J connectivity index is 4.07. The quantitative estimate of drug-likeness (QED) is 0.0395. The van der Waals surface area contributed by atoms with Crippen LogP contribution in [0.5, 0.6) is 0 Å². The maximum absolute atomic E-state index is 12.1. The van der Waals surface area contributed by atoms with E-state index in [1.807, 2.05) is 0 Å². The van der Waals surface area contributed by atoms with Gasteiger partial charge in [0.15, 0.2) is 5.82 Å². The number of nitrogens with zero attached hydrogens (tertiary/aromatic N) is 2. The van der Waals surface area contributed by atoms with Gasteiger partial charge in [0.05, 0.1) is 11.5 Å². The number of rotatable bonds is 30. The topological polar surface area (TPSA) is 96.7 Å². The molecule has 8 heteroatoms. The highest BCUT2D eigenvalue weighted by Crippen LogP contribution is 2.13. The highest BCUT2D eigenvalue weighted by molar-refractivity contribution is 5.69. The highest BCUT2D eigenvalue weighted by Gasteiger charge is 2.09. The molecule has 0 fully saturated rings. The second kappa shape index (κ2) is 28.7. The number of nitro groups is 1. The fourth-order valence-electron chi connectivity index (χ4n) is 4.90. The molecular weight excluding hydrogens is 504 g/mol. The lowest BCUT2D eigenvalue weighted by atomic mass is 10.0. The molecule has 8 nitrogen and oxygen atoms in total. The Morgan fingerprint density at radius 3 is 1.93 bits per heavy atom. The van der Waals surface area contributed by atoms with E-state index in [9.17, 15) is 14.9 Å². The van der Waals surface area contributed by atoms with Gasteiger partial charge in [-0.15, -0.1) is 0 Å². The average Bonchev–Trinajstić information content (AvgIpc) is 2.93. The molecule has 0 amide bonds. The fourth-order valence-corrected chi connectivity index (χ4v) is 4.90. The summed E-state index contributed by atoms with van der Waals surface area (Å²) in [6, 6.07) is 0. The zero-order valence-corrected chi connectivity index (χ0v) is 26.7. The first kappa shape index (κ1) is 38.2. The van der Waals surface area contributed by atoms with E-state index in [-0.39, 0.29) is 5.97 Å². The Hall–Kier alpha value is -1.83. The molecule has 0 aliphatic heterocycles. The van der Waals surface area contributed by atoms with Crippen LogP contribution in [0.3, 0.4) is 0 Å². The van der Waals surface area contributed by atoms with Gasteiger partial charge in [-0.1, -0.05) is 104 Å². The average molecular weight is 569 g/mol. The molecule has 0 aromatic carbocycles. The van der Waals surface area contributed by atoms with Crippen LogP contribution in [0.25, 0.3) is 0 Å². The first-order valence-corrected chi connectivity index (χ1v) is 16.6. The van der Waals surface area contributed by atoms with Crippen LogP contribution in [0.1, 0.15) is 143 Å². The molecule has 0 saturated heterocycles. The van der Waals surface area contributed by atoms with E-state index in [0.29, 0.717) is 31.3 Å². The molecule has 0 aromatic rings. The molecule has 0 bridgehead atoms. The third-order valence-corrected chi connectivity index (χ3v) is 7.48. The molecule has 0 radical (unpaired) electrons. The predicted octanol–water partition coefficient (Wildman–Crippen LogP) is 7.80. The van der Waals surface area contributed by atoms with Crippen LogP contribution in [-0.4, -0.2) is 55.6 Å². The lowest BCUT2D eigenvalue weighted by Crippen LogP contribution is -2.31. The Kier molecular flexibility index (Phi) is 27.4. The van der Waals surface area contributed by atoms with Gasteiger partial charge in [-0.2, -0.15) is 0 Å². The largest absolute Gasteiger partial charge is 0.465 e. The molecule has 0 heterocycles. The molecule has 1 atom stereocenters. The van der Waals surface area contributed by atoms with Gasteiger partial charge in [0.25, 0.3) is 6.20 Å². The Morgan fingerprint density at radius 1 is 0.825 bits per heavy atom. The summed E-state index contributed by atoms with van der Waals surface area (Å²) in [4.78, 5) is 24.9. The lowest BCUT2D eigenvalue weighted by Gasteiger charge is -2.22. The molecule has 40 heavy (non-hydrogen) atoms. The molecular formula is C32H64N4O4. The van der Waals surface area contributed by atoms with Crippen LogP contribution >= 0.6 is 0 Å². The van der Waals surface area contributed by atoms with E-state index in [1.165, 1.54) is 83.5 Å². The summed E-state index contributed by atoms with van der Waals surface area (Å²) in [5.41, 5.74) is 0. The van der Waals surface area contributed by atoms with Crippen molar-refractivity contribution in [3.8, 4) is 0 Å². The van der Waals surface area contributed by atoms with E-state index in [0.717, 1.165) is 57.9 Å². The van der Waals surface area contributed by atoms with Crippen LogP contribution in [0, 0.1) is 16.0 Å². The number of nitrogens with one attached hydrogen (secondary N) is 2. The monoisotopic (exact) mass is 568 g/mol. The van der Waals surface area contributed by atoms with Crippen LogP contribution in [0.2, 0.25) is 0 Å². The van der Waals surface area contributed by atoms with Gasteiger partial charge in [0.1, 0.15) is 0 Å². The minimum atomic E-state index is -0.440. The molecule has 0 rings (SSSR count). The van der Waals surface area contributed by atoms with E-state index in [1.54, 1.807) is 7.05 Å². The van der Waals surface area contributed by atoms with Crippen molar-refractivity contribution in [3.63, 3.8) is 0 Å². The van der Waals surface area contributed by atoms with Crippen molar-refractivity contribution in [2.45, 2.75) is 143 Å². The fraction of sp³-hybridized carbons (Fsp3) is 0.906. The van der Waals surface area contributed by atoms with Gasteiger partial charge in [-0.05, 0) is 57.7 Å². The van der Waals surface area contributed by atoms with E-state index < -0.39 is 4.92 Å². The van der Waals surface area contributed by atoms with E-state index in [2.05, 4.69) is 36.3 Å². The number of carbonyl (C=O) groups is 1. The van der Waals surface area contributed by atoms with Gasteiger partial charge >= 0.3 is 5.97 Å². The van der Waals surface area contributed by atoms with Crippen molar-refractivity contribution in [3.05, 3.63) is 22.1 Å². The van der Waals surface area contributed by atoms with Crippen molar-refractivity contribution in [1.29, 1.82) is 0 Å². The molecule has 0 saturated carbocycles. The van der Waals surface area contributed by atoms with Crippen LogP contribution in [0.4, 0.5) is 0 Å². The Bertz CT molecular complexity index is 630. The summed E-state index contributed by atoms with van der Waals surface area (Å²) < 4.78 is 5.51.